The molecule has 0 aliphatic carbocycles. The van der Waals surface area contributed by atoms with Crippen molar-refractivity contribution in [1.29, 1.82) is 0 Å². The van der Waals surface area contributed by atoms with Gasteiger partial charge in [-0.3, -0.25) is 9.78 Å². The molecule has 0 radical (unpaired) electrons. The third kappa shape index (κ3) is 15.2. The topological polar surface area (TPSA) is 140 Å². The van der Waals surface area contributed by atoms with E-state index in [1.54, 1.807) is 51.7 Å². The molecule has 3 N–H and O–H groups in total. The molecule has 0 fully saturated rings. The van der Waals surface area contributed by atoms with Gasteiger partial charge in [0.25, 0.3) is 0 Å². The van der Waals surface area contributed by atoms with E-state index in [9.17, 15) is 9.59 Å². The number of urea groups is 1. The molecule has 4 amide bonds. The van der Waals surface area contributed by atoms with Crippen LogP contribution in [0.4, 0.5) is 9.59 Å². The Labute approximate surface area is 363 Å². The minimum absolute atomic E-state index is 0.0799. The Morgan fingerprint density at radius 3 is 2.05 bits per heavy atom. The normalized spacial score (nSPS) is 14.3. The van der Waals surface area contributed by atoms with Crippen LogP contribution in [0.2, 0.25) is 0 Å². The van der Waals surface area contributed by atoms with Crippen LogP contribution in [-0.4, -0.2) is 80.3 Å². The SMILES string of the molecule is CC(C)CSC(O[C@@H](C[C@H](Cc1ccccc1)N(C(=O)N(C)Cc1csc(C(C)C)n1)[C@H](C(N)=O)C(C)C)[C@H](Cc1ccccc1)NC(=O)OCc1cncs1)C(C)C. The average molecular weight is 865 g/mol. The number of nitrogens with one attached hydrogen (secondary N) is 1. The maximum absolute atomic E-state index is 15.1. The Kier molecular flexibility index (Phi) is 19.2. The van der Waals surface area contributed by atoms with Crippen molar-refractivity contribution >= 4 is 52.5 Å². The predicted octanol–water partition coefficient (Wildman–Crippen LogP) is 9.38. The lowest BCUT2D eigenvalue weighted by atomic mass is 9.90. The van der Waals surface area contributed by atoms with Gasteiger partial charge in [-0.2, -0.15) is 0 Å². The van der Waals surface area contributed by atoms with Gasteiger partial charge >= 0.3 is 12.1 Å². The largest absolute Gasteiger partial charge is 0.444 e. The number of hydrogen-bond donors (Lipinski definition) is 2. The number of hydrogen-bond acceptors (Lipinski definition) is 10. The number of alkyl carbamates (subject to hydrolysis) is 1. The van der Waals surface area contributed by atoms with Crippen molar-refractivity contribution in [3.63, 3.8) is 0 Å². The minimum Gasteiger partial charge on any atom is -0.444 e. The summed E-state index contributed by atoms with van der Waals surface area (Å²) in [6.45, 7) is 17.0. The van der Waals surface area contributed by atoms with E-state index >= 15 is 4.79 Å². The third-order valence-corrected chi connectivity index (χ3v) is 13.6. The second-order valence-corrected chi connectivity index (χ2v) is 19.5. The van der Waals surface area contributed by atoms with Crippen molar-refractivity contribution in [2.45, 2.75) is 123 Å². The molecular formula is C45H64N6O5S3. The van der Waals surface area contributed by atoms with Gasteiger partial charge in [0.15, 0.2) is 0 Å². The number of ether oxygens (including phenoxy) is 2. The first-order chi connectivity index (χ1) is 28.1. The molecule has 1 unspecified atom stereocenters. The van der Waals surface area contributed by atoms with Crippen LogP contribution in [-0.2, 0) is 40.3 Å². The third-order valence-electron chi connectivity index (χ3n) is 9.77. The van der Waals surface area contributed by atoms with Gasteiger partial charge in [0.2, 0.25) is 5.91 Å². The van der Waals surface area contributed by atoms with Crippen molar-refractivity contribution in [3.05, 3.63) is 104 Å². The molecule has 0 spiro atoms. The molecule has 2 aromatic carbocycles. The smallest absolute Gasteiger partial charge is 0.407 e. The Morgan fingerprint density at radius 1 is 0.881 bits per heavy atom. The van der Waals surface area contributed by atoms with Crippen molar-refractivity contribution in [3.8, 4) is 0 Å². The maximum atomic E-state index is 15.1. The van der Waals surface area contributed by atoms with Crippen LogP contribution in [0.5, 0.6) is 0 Å². The van der Waals surface area contributed by atoms with E-state index in [2.05, 4.69) is 51.8 Å². The molecule has 2 aromatic heterocycles. The highest BCUT2D eigenvalue weighted by molar-refractivity contribution is 7.99. The second kappa shape index (κ2) is 23.7. The number of aromatic nitrogens is 2. The molecular weight excluding hydrogens is 801 g/mol. The Hall–Kier alpha value is -3.98. The number of carbonyl (C=O) groups excluding carboxylic acids is 3. The molecule has 0 bridgehead atoms. The van der Waals surface area contributed by atoms with Crippen molar-refractivity contribution in [1.82, 2.24) is 25.1 Å². The van der Waals surface area contributed by atoms with Crippen LogP contribution in [0.15, 0.2) is 77.8 Å². The summed E-state index contributed by atoms with van der Waals surface area (Å²) in [6, 6.07) is 17.4. The highest BCUT2D eigenvalue weighted by Crippen LogP contribution is 2.31. The summed E-state index contributed by atoms with van der Waals surface area (Å²) < 4.78 is 13.0. The molecule has 14 heteroatoms. The number of carbonyl (C=O) groups is 3. The van der Waals surface area contributed by atoms with E-state index in [1.807, 2.05) is 79.9 Å². The predicted molar refractivity (Wildman–Crippen MR) is 241 cm³/mol. The molecule has 5 atom stereocenters. The van der Waals surface area contributed by atoms with E-state index in [1.165, 1.54) is 11.3 Å². The molecule has 59 heavy (non-hydrogen) atoms. The molecule has 0 aliphatic rings. The van der Waals surface area contributed by atoms with Gasteiger partial charge in [-0.25, -0.2) is 14.6 Å². The molecule has 11 nitrogen and oxygen atoms in total. The average Bonchev–Trinajstić information content (AvgIpc) is 3.90. The number of rotatable bonds is 23. The van der Waals surface area contributed by atoms with Crippen molar-refractivity contribution in [2.24, 2.45) is 23.5 Å². The zero-order valence-corrected chi connectivity index (χ0v) is 38.5. The number of primary amides is 1. The van der Waals surface area contributed by atoms with Crippen LogP contribution in [0.25, 0.3) is 0 Å². The van der Waals surface area contributed by atoms with Gasteiger partial charge in [-0.05, 0) is 53.9 Å². The lowest BCUT2D eigenvalue weighted by Gasteiger charge is -2.43. The molecule has 4 rings (SSSR count). The van der Waals surface area contributed by atoms with Crippen molar-refractivity contribution < 1.29 is 23.9 Å². The van der Waals surface area contributed by atoms with Gasteiger partial charge in [0.1, 0.15) is 18.1 Å². The van der Waals surface area contributed by atoms with Crippen LogP contribution in [0, 0.1) is 17.8 Å². The summed E-state index contributed by atoms with van der Waals surface area (Å²) in [5, 5.41) is 6.17. The summed E-state index contributed by atoms with van der Waals surface area (Å²) in [4.78, 5) is 55.4. The summed E-state index contributed by atoms with van der Waals surface area (Å²) in [5.41, 5.74) is 10.5. The molecule has 4 aromatic rings. The molecule has 0 saturated heterocycles. The lowest BCUT2D eigenvalue weighted by Crippen LogP contribution is -2.60. The monoisotopic (exact) mass is 864 g/mol. The first kappa shape index (κ1) is 47.7. The summed E-state index contributed by atoms with van der Waals surface area (Å²) in [5.74, 6) is 0.781. The van der Waals surface area contributed by atoms with Gasteiger partial charge in [0, 0.05) is 30.6 Å². The molecule has 0 aliphatic heterocycles. The van der Waals surface area contributed by atoms with Gasteiger partial charge in [0.05, 0.1) is 39.8 Å². The molecule has 322 valence electrons. The first-order valence-corrected chi connectivity index (χ1v) is 23.4. The van der Waals surface area contributed by atoms with Crippen molar-refractivity contribution in [2.75, 3.05) is 12.8 Å². The van der Waals surface area contributed by atoms with E-state index in [0.29, 0.717) is 18.8 Å². The number of thioether (sulfide) groups is 1. The number of nitrogens with zero attached hydrogens (tertiary/aromatic N) is 4. The summed E-state index contributed by atoms with van der Waals surface area (Å²) in [6.07, 6.45) is 1.57. The van der Waals surface area contributed by atoms with Gasteiger partial charge in [-0.1, -0.05) is 116 Å². The lowest BCUT2D eigenvalue weighted by molar-refractivity contribution is -0.125. The summed E-state index contributed by atoms with van der Waals surface area (Å²) >= 11 is 4.74. The number of nitrogens with two attached hydrogens (primary N) is 1. The van der Waals surface area contributed by atoms with Crippen LogP contribution in [0.1, 0.15) is 94.4 Å². The number of benzene rings is 2. The fourth-order valence-corrected chi connectivity index (χ4v) is 9.37. The number of amides is 4. The first-order valence-electron chi connectivity index (χ1n) is 20.5. The van der Waals surface area contributed by atoms with E-state index in [-0.39, 0.29) is 48.8 Å². The maximum Gasteiger partial charge on any atom is 0.407 e. The minimum atomic E-state index is -0.943. The van der Waals surface area contributed by atoms with Crippen LogP contribution in [0.3, 0.4) is 0 Å². The second-order valence-electron chi connectivity index (χ2n) is 16.5. The van der Waals surface area contributed by atoms with Gasteiger partial charge < -0.3 is 30.3 Å². The van der Waals surface area contributed by atoms with Crippen LogP contribution >= 0.6 is 34.4 Å². The Bertz CT molecular complexity index is 1840. The number of thiazole rings is 2. The van der Waals surface area contributed by atoms with Crippen LogP contribution < -0.4 is 11.1 Å². The zero-order chi connectivity index (χ0) is 43.1. The summed E-state index contributed by atoms with van der Waals surface area (Å²) in [7, 11) is 1.74. The standard InChI is InChI=1S/C45H64N6O5S3/c1-29(2)26-58-43(32(7)8)56-39(38(21-34-18-14-11-15-19-34)49-44(53)55-25-37-23-47-28-59-37)22-36(20-33-16-12-10-13-17-33)51(40(30(3)4)41(46)52)45(54)50(9)24-35-27-57-42(48-35)31(5)6/h10-19,23,27-32,36,38-40,43H,20-22,24-26H2,1-9H3,(H2,46,52)(H,49,53)/t36-,38-,39-,40-,43?/m0/s1. The Balaban J connectivity index is 1.85. The highest BCUT2D eigenvalue weighted by Gasteiger charge is 2.41. The fraction of sp³-hybridized carbons (Fsp3) is 0.533. The van der Waals surface area contributed by atoms with E-state index in [4.69, 9.17) is 20.2 Å². The molecule has 0 saturated carbocycles. The fourth-order valence-electron chi connectivity index (χ4n) is 6.86. The van der Waals surface area contributed by atoms with E-state index < -0.39 is 36.2 Å². The Morgan fingerprint density at radius 2 is 1.53 bits per heavy atom. The quantitative estimate of drug-likeness (QED) is 0.0704. The zero-order valence-electron chi connectivity index (χ0n) is 36.1. The van der Waals surface area contributed by atoms with Gasteiger partial charge in [-0.15, -0.1) is 34.4 Å². The van der Waals surface area contributed by atoms with E-state index in [0.717, 1.165) is 32.5 Å². The molecule has 2 heterocycles. The highest BCUT2D eigenvalue weighted by atomic mass is 32.2.